The maximum absolute atomic E-state index is 9.04. The molecule has 4 N–H and O–H groups in total. The SMILES string of the molecule is CCCCC(CC)COCC(O)CO.CCCCC(CC)COCC(O)CO. The Morgan fingerprint density at radius 2 is 0.964 bits per heavy atom. The summed E-state index contributed by atoms with van der Waals surface area (Å²) in [5.41, 5.74) is 0. The molecule has 0 fully saturated rings. The van der Waals surface area contributed by atoms with E-state index in [1.54, 1.807) is 0 Å². The van der Waals surface area contributed by atoms with E-state index >= 15 is 0 Å². The van der Waals surface area contributed by atoms with Gasteiger partial charge in [-0.15, -0.1) is 0 Å². The molecule has 0 spiro atoms. The molecule has 0 aromatic rings. The van der Waals surface area contributed by atoms with Crippen LogP contribution < -0.4 is 0 Å². The van der Waals surface area contributed by atoms with Crippen molar-refractivity contribution in [2.45, 2.75) is 91.3 Å². The zero-order chi connectivity index (χ0) is 21.6. The fourth-order valence-electron chi connectivity index (χ4n) is 2.64. The normalized spacial score (nSPS) is 15.4. The van der Waals surface area contributed by atoms with Crippen LogP contribution in [-0.2, 0) is 9.47 Å². The standard InChI is InChI=1S/2C11H24O3/c2*1-3-5-6-10(4-2)8-14-9-11(13)7-12/h2*10-13H,3-9H2,1-2H3. The predicted molar refractivity (Wildman–Crippen MR) is 114 cm³/mol. The minimum absolute atomic E-state index is 0.217. The van der Waals surface area contributed by atoms with Crippen LogP contribution in [0.2, 0.25) is 0 Å². The van der Waals surface area contributed by atoms with Crippen molar-refractivity contribution in [2.75, 3.05) is 39.6 Å². The molecule has 6 nitrogen and oxygen atoms in total. The van der Waals surface area contributed by atoms with Gasteiger partial charge < -0.3 is 29.9 Å². The third-order valence-electron chi connectivity index (χ3n) is 4.84. The Morgan fingerprint density at radius 1 is 0.607 bits per heavy atom. The van der Waals surface area contributed by atoms with Crippen LogP contribution in [0.5, 0.6) is 0 Å². The van der Waals surface area contributed by atoms with Gasteiger partial charge in [-0.2, -0.15) is 0 Å². The second-order valence-corrected chi connectivity index (χ2v) is 7.58. The second kappa shape index (κ2) is 23.0. The lowest BCUT2D eigenvalue weighted by atomic mass is 10.0. The molecule has 0 radical (unpaired) electrons. The molecule has 0 aromatic heterocycles. The van der Waals surface area contributed by atoms with Crippen LogP contribution in [0, 0.1) is 11.8 Å². The van der Waals surface area contributed by atoms with Crippen molar-refractivity contribution in [3.8, 4) is 0 Å². The summed E-state index contributed by atoms with van der Waals surface area (Å²) in [7, 11) is 0. The second-order valence-electron chi connectivity index (χ2n) is 7.58. The Kier molecular flexibility index (Phi) is 24.7. The number of ether oxygens (including phenoxy) is 2. The van der Waals surface area contributed by atoms with E-state index in [1.165, 1.54) is 38.5 Å². The molecular weight excluding hydrogens is 360 g/mol. The molecule has 0 aliphatic heterocycles. The fraction of sp³-hybridized carbons (Fsp3) is 1.00. The summed E-state index contributed by atoms with van der Waals surface area (Å²) < 4.78 is 10.7. The van der Waals surface area contributed by atoms with Crippen molar-refractivity contribution >= 4 is 0 Å². The van der Waals surface area contributed by atoms with E-state index in [4.69, 9.17) is 29.9 Å². The Bertz CT molecular complexity index is 262. The Hall–Kier alpha value is -0.240. The first kappa shape index (κ1) is 30.0. The molecule has 4 unspecified atom stereocenters. The number of aliphatic hydroxyl groups excluding tert-OH is 4. The summed E-state index contributed by atoms with van der Waals surface area (Å²) in [6, 6.07) is 0. The number of hydrogen-bond donors (Lipinski definition) is 4. The molecule has 0 aliphatic carbocycles. The molecule has 0 aliphatic rings. The van der Waals surface area contributed by atoms with Crippen LogP contribution in [0.25, 0.3) is 0 Å². The molecule has 0 heterocycles. The lowest BCUT2D eigenvalue weighted by Crippen LogP contribution is -2.21. The highest BCUT2D eigenvalue weighted by Gasteiger charge is 2.08. The molecule has 0 amide bonds. The minimum Gasteiger partial charge on any atom is -0.394 e. The van der Waals surface area contributed by atoms with Crippen LogP contribution in [-0.4, -0.2) is 72.3 Å². The predicted octanol–water partition coefficient (Wildman–Crippen LogP) is 3.15. The first-order chi connectivity index (χ1) is 13.5. The summed E-state index contributed by atoms with van der Waals surface area (Å²) >= 11 is 0. The van der Waals surface area contributed by atoms with Crippen LogP contribution in [0.3, 0.4) is 0 Å². The Morgan fingerprint density at radius 3 is 1.21 bits per heavy atom. The van der Waals surface area contributed by atoms with Gasteiger partial charge in [0.25, 0.3) is 0 Å². The summed E-state index contributed by atoms with van der Waals surface area (Å²) in [5.74, 6) is 1.20. The van der Waals surface area contributed by atoms with Crippen LogP contribution >= 0.6 is 0 Å². The van der Waals surface area contributed by atoms with E-state index in [1.807, 2.05) is 0 Å². The number of hydrogen-bond acceptors (Lipinski definition) is 6. The molecular formula is C22H48O6. The monoisotopic (exact) mass is 408 g/mol. The quantitative estimate of drug-likeness (QED) is 0.278. The van der Waals surface area contributed by atoms with Crippen molar-refractivity contribution in [3.05, 3.63) is 0 Å². The molecule has 4 atom stereocenters. The van der Waals surface area contributed by atoms with Gasteiger partial charge in [0.1, 0.15) is 12.2 Å². The molecule has 0 aromatic carbocycles. The molecule has 6 heteroatoms. The average molecular weight is 409 g/mol. The van der Waals surface area contributed by atoms with Gasteiger partial charge >= 0.3 is 0 Å². The van der Waals surface area contributed by atoms with Crippen molar-refractivity contribution in [1.29, 1.82) is 0 Å². The Balaban J connectivity index is 0. The zero-order valence-electron chi connectivity index (χ0n) is 18.8. The highest BCUT2D eigenvalue weighted by molar-refractivity contribution is 4.58. The summed E-state index contributed by atoms with van der Waals surface area (Å²) in [6.45, 7) is 10.2. The third kappa shape index (κ3) is 20.5. The highest BCUT2D eigenvalue weighted by atomic mass is 16.5. The summed E-state index contributed by atoms with van der Waals surface area (Å²) in [5, 5.41) is 35.2. The summed E-state index contributed by atoms with van der Waals surface area (Å²) in [6.07, 6.45) is 8.10. The number of unbranched alkanes of at least 4 members (excludes halogenated alkanes) is 2. The van der Waals surface area contributed by atoms with E-state index in [0.717, 1.165) is 12.8 Å². The largest absolute Gasteiger partial charge is 0.394 e. The van der Waals surface area contributed by atoms with Gasteiger partial charge in [-0.25, -0.2) is 0 Å². The first-order valence-electron chi connectivity index (χ1n) is 11.2. The van der Waals surface area contributed by atoms with Gasteiger partial charge in [0, 0.05) is 13.2 Å². The molecule has 0 saturated heterocycles. The number of aliphatic hydroxyl groups is 4. The lowest BCUT2D eigenvalue weighted by Gasteiger charge is -2.15. The maximum atomic E-state index is 9.04. The van der Waals surface area contributed by atoms with Crippen LogP contribution in [0.15, 0.2) is 0 Å². The fourth-order valence-corrected chi connectivity index (χ4v) is 2.64. The van der Waals surface area contributed by atoms with Gasteiger partial charge in [-0.1, -0.05) is 66.2 Å². The molecule has 0 rings (SSSR count). The summed E-state index contributed by atoms with van der Waals surface area (Å²) in [4.78, 5) is 0. The molecule has 0 bridgehead atoms. The van der Waals surface area contributed by atoms with Crippen LogP contribution in [0.4, 0.5) is 0 Å². The van der Waals surface area contributed by atoms with Gasteiger partial charge in [-0.3, -0.25) is 0 Å². The smallest absolute Gasteiger partial charge is 0.100 e. The van der Waals surface area contributed by atoms with Gasteiger partial charge in [0.05, 0.1) is 26.4 Å². The van der Waals surface area contributed by atoms with Crippen molar-refractivity contribution in [1.82, 2.24) is 0 Å². The zero-order valence-corrected chi connectivity index (χ0v) is 18.8. The van der Waals surface area contributed by atoms with Crippen molar-refractivity contribution in [2.24, 2.45) is 11.8 Å². The van der Waals surface area contributed by atoms with Crippen molar-refractivity contribution < 1.29 is 29.9 Å². The molecule has 28 heavy (non-hydrogen) atoms. The maximum Gasteiger partial charge on any atom is 0.100 e. The van der Waals surface area contributed by atoms with Crippen molar-refractivity contribution in [3.63, 3.8) is 0 Å². The highest BCUT2D eigenvalue weighted by Crippen LogP contribution is 2.13. The van der Waals surface area contributed by atoms with E-state index in [2.05, 4.69) is 27.7 Å². The number of rotatable bonds is 18. The van der Waals surface area contributed by atoms with Gasteiger partial charge in [0.15, 0.2) is 0 Å². The lowest BCUT2D eigenvalue weighted by molar-refractivity contribution is -0.00599. The van der Waals surface area contributed by atoms with E-state index in [9.17, 15) is 0 Å². The topological polar surface area (TPSA) is 99.4 Å². The van der Waals surface area contributed by atoms with Gasteiger partial charge in [0.2, 0.25) is 0 Å². The molecule has 172 valence electrons. The molecule has 0 saturated carbocycles. The third-order valence-corrected chi connectivity index (χ3v) is 4.84. The average Bonchev–Trinajstić information content (AvgIpc) is 2.72. The Labute approximate surface area is 173 Å². The van der Waals surface area contributed by atoms with E-state index < -0.39 is 12.2 Å². The first-order valence-corrected chi connectivity index (χ1v) is 11.2. The van der Waals surface area contributed by atoms with Crippen LogP contribution in [0.1, 0.15) is 79.1 Å². The minimum atomic E-state index is -0.723. The van der Waals surface area contributed by atoms with E-state index in [0.29, 0.717) is 25.0 Å². The van der Waals surface area contributed by atoms with Gasteiger partial charge in [-0.05, 0) is 24.7 Å². The van der Waals surface area contributed by atoms with E-state index in [-0.39, 0.29) is 26.4 Å².